The maximum absolute atomic E-state index is 13.4. The normalized spacial score (nSPS) is 10.6. The molecule has 2 heterocycles. The van der Waals surface area contributed by atoms with E-state index in [9.17, 15) is 9.18 Å². The highest BCUT2D eigenvalue weighted by molar-refractivity contribution is 5.54. The molecule has 6 heteroatoms. The van der Waals surface area contributed by atoms with Crippen LogP contribution < -0.4 is 5.56 Å². The summed E-state index contributed by atoms with van der Waals surface area (Å²) in [5.74, 6) is -0.888. The van der Waals surface area contributed by atoms with E-state index in [1.807, 2.05) is 0 Å². The van der Waals surface area contributed by atoms with Crippen molar-refractivity contribution in [2.75, 3.05) is 0 Å². The Morgan fingerprint density at radius 3 is 2.87 bits per heavy atom. The summed E-state index contributed by atoms with van der Waals surface area (Å²) in [5.41, 5.74) is 0.464. The van der Waals surface area contributed by atoms with Crippen LogP contribution in [0.5, 0.6) is 0 Å². The van der Waals surface area contributed by atoms with Gasteiger partial charge in [0.15, 0.2) is 0 Å². The Morgan fingerprint density at radius 2 is 2.27 bits per heavy atom. The van der Waals surface area contributed by atoms with E-state index in [0.29, 0.717) is 5.69 Å². The van der Waals surface area contributed by atoms with Crippen LogP contribution in [0.3, 0.4) is 0 Å². The Kier molecular flexibility index (Phi) is 2.11. The molecule has 5 nitrogen and oxygen atoms in total. The average Bonchev–Trinajstić information content (AvgIpc) is 2.50. The summed E-state index contributed by atoms with van der Waals surface area (Å²) in [6.07, 6.45) is 1.17. The molecule has 0 spiro atoms. The van der Waals surface area contributed by atoms with Crippen LogP contribution in [0, 0.1) is 12.7 Å². The minimum absolute atomic E-state index is 0.0156. The lowest BCUT2D eigenvalue weighted by Gasteiger charge is -2.00. The van der Waals surface area contributed by atoms with Gasteiger partial charge in [0.05, 0.1) is 17.7 Å². The third kappa shape index (κ3) is 1.54. The Balaban J connectivity index is 2.69. The van der Waals surface area contributed by atoms with Gasteiger partial charge in [0.2, 0.25) is 5.82 Å². The van der Waals surface area contributed by atoms with Crippen LogP contribution in [-0.2, 0) is 7.05 Å². The van der Waals surface area contributed by atoms with Gasteiger partial charge in [-0.25, -0.2) is 4.98 Å². The van der Waals surface area contributed by atoms with E-state index in [1.54, 1.807) is 20.0 Å². The summed E-state index contributed by atoms with van der Waals surface area (Å²) >= 11 is 0. The molecule has 2 aromatic heterocycles. The first-order valence-electron chi connectivity index (χ1n) is 4.34. The summed E-state index contributed by atoms with van der Waals surface area (Å²) in [6, 6.07) is 1.67. The van der Waals surface area contributed by atoms with Gasteiger partial charge < -0.3 is 4.98 Å². The molecule has 2 aromatic rings. The summed E-state index contributed by atoms with van der Waals surface area (Å²) in [4.78, 5) is 17.0. The Labute approximate surface area is 84.6 Å². The van der Waals surface area contributed by atoms with Crippen molar-refractivity contribution < 1.29 is 4.39 Å². The zero-order chi connectivity index (χ0) is 11.0. The summed E-state index contributed by atoms with van der Waals surface area (Å²) < 4.78 is 14.9. The van der Waals surface area contributed by atoms with Crippen molar-refractivity contribution in [1.82, 2.24) is 19.7 Å². The Morgan fingerprint density at radius 1 is 1.53 bits per heavy atom. The van der Waals surface area contributed by atoms with Gasteiger partial charge >= 0.3 is 0 Å². The molecule has 0 unspecified atom stereocenters. The van der Waals surface area contributed by atoms with Crippen LogP contribution in [0.4, 0.5) is 4.39 Å². The Bertz CT molecular complexity index is 557. The lowest BCUT2D eigenvalue weighted by atomic mass is 10.2. The number of nitrogens with zero attached hydrogens (tertiary/aromatic N) is 3. The molecule has 0 radical (unpaired) electrons. The summed E-state index contributed by atoms with van der Waals surface area (Å²) in [6.45, 7) is 1.79. The number of halogens is 1. The van der Waals surface area contributed by atoms with Gasteiger partial charge in [0.1, 0.15) is 5.69 Å². The zero-order valence-electron chi connectivity index (χ0n) is 8.28. The lowest BCUT2D eigenvalue weighted by molar-refractivity contribution is 0.601. The molecule has 0 aromatic carbocycles. The van der Waals surface area contributed by atoms with Crippen molar-refractivity contribution in [3.05, 3.63) is 34.3 Å². The van der Waals surface area contributed by atoms with Crippen molar-refractivity contribution in [2.24, 2.45) is 7.05 Å². The van der Waals surface area contributed by atoms with Gasteiger partial charge in [-0.2, -0.15) is 9.49 Å². The third-order valence-electron chi connectivity index (χ3n) is 2.04. The number of rotatable bonds is 1. The van der Waals surface area contributed by atoms with E-state index in [0.717, 1.165) is 5.69 Å². The fourth-order valence-corrected chi connectivity index (χ4v) is 1.39. The fraction of sp³-hybridized carbons (Fsp3) is 0.222. The highest BCUT2D eigenvalue weighted by atomic mass is 19.1. The van der Waals surface area contributed by atoms with E-state index >= 15 is 0 Å². The molecule has 0 fully saturated rings. The monoisotopic (exact) mass is 208 g/mol. The van der Waals surface area contributed by atoms with E-state index in [4.69, 9.17) is 0 Å². The smallest absolute Gasteiger partial charge is 0.287 e. The standard InChI is InChI=1S/C9H9FN4O/c1-5-3-6(14(2)13-5)8-7(10)9(15)12-4-11-8/h3-4H,1-2H3,(H,11,12,15). The molecule has 0 bridgehead atoms. The molecule has 1 N–H and O–H groups in total. The minimum Gasteiger partial charge on any atom is -0.311 e. The Hall–Kier alpha value is -1.98. The van der Waals surface area contributed by atoms with E-state index in [-0.39, 0.29) is 5.69 Å². The zero-order valence-corrected chi connectivity index (χ0v) is 8.28. The van der Waals surface area contributed by atoms with Gasteiger partial charge in [-0.05, 0) is 13.0 Å². The van der Waals surface area contributed by atoms with E-state index < -0.39 is 11.4 Å². The van der Waals surface area contributed by atoms with Crippen molar-refractivity contribution in [3.63, 3.8) is 0 Å². The number of hydrogen-bond acceptors (Lipinski definition) is 3. The van der Waals surface area contributed by atoms with Crippen LogP contribution in [0.1, 0.15) is 5.69 Å². The number of aryl methyl sites for hydroxylation is 2. The van der Waals surface area contributed by atoms with Crippen LogP contribution in [0.25, 0.3) is 11.4 Å². The number of H-pyrrole nitrogens is 1. The van der Waals surface area contributed by atoms with Crippen LogP contribution in [-0.4, -0.2) is 19.7 Å². The van der Waals surface area contributed by atoms with Gasteiger partial charge in [-0.3, -0.25) is 9.48 Å². The van der Waals surface area contributed by atoms with Gasteiger partial charge in [-0.15, -0.1) is 0 Å². The molecular formula is C9H9FN4O. The minimum atomic E-state index is -0.888. The molecule has 0 saturated carbocycles. The number of aromatic nitrogens is 4. The lowest BCUT2D eigenvalue weighted by Crippen LogP contribution is -2.13. The van der Waals surface area contributed by atoms with Crippen LogP contribution >= 0.6 is 0 Å². The maximum atomic E-state index is 13.4. The number of aromatic amines is 1. The predicted molar refractivity (Wildman–Crippen MR) is 51.8 cm³/mol. The quantitative estimate of drug-likeness (QED) is 0.747. The molecule has 0 amide bonds. The van der Waals surface area contributed by atoms with Crippen molar-refractivity contribution in [3.8, 4) is 11.4 Å². The SMILES string of the molecule is Cc1cc(-c2nc[nH]c(=O)c2F)n(C)n1. The molecule has 0 aliphatic carbocycles. The molecule has 78 valence electrons. The van der Waals surface area contributed by atoms with Crippen LogP contribution in [0.15, 0.2) is 17.2 Å². The topological polar surface area (TPSA) is 63.6 Å². The molecule has 0 aliphatic heterocycles. The van der Waals surface area contributed by atoms with Gasteiger partial charge in [0.25, 0.3) is 5.56 Å². The molecule has 2 rings (SSSR count). The second-order valence-electron chi connectivity index (χ2n) is 3.19. The largest absolute Gasteiger partial charge is 0.311 e. The number of hydrogen-bond donors (Lipinski definition) is 1. The van der Waals surface area contributed by atoms with Crippen molar-refractivity contribution >= 4 is 0 Å². The van der Waals surface area contributed by atoms with Gasteiger partial charge in [-0.1, -0.05) is 0 Å². The molecule has 0 aliphatic rings. The maximum Gasteiger partial charge on any atom is 0.287 e. The second-order valence-corrected chi connectivity index (χ2v) is 3.19. The van der Waals surface area contributed by atoms with E-state index in [1.165, 1.54) is 11.0 Å². The summed E-state index contributed by atoms with van der Waals surface area (Å²) in [7, 11) is 1.67. The summed E-state index contributed by atoms with van der Waals surface area (Å²) in [5, 5.41) is 4.06. The van der Waals surface area contributed by atoms with Crippen molar-refractivity contribution in [2.45, 2.75) is 6.92 Å². The second kappa shape index (κ2) is 3.30. The predicted octanol–water partition coefficient (Wildman–Crippen LogP) is 0.618. The first-order chi connectivity index (χ1) is 7.09. The van der Waals surface area contributed by atoms with Gasteiger partial charge in [0, 0.05) is 7.05 Å². The van der Waals surface area contributed by atoms with E-state index in [2.05, 4.69) is 15.1 Å². The molecular weight excluding hydrogens is 199 g/mol. The highest BCUT2D eigenvalue weighted by Crippen LogP contribution is 2.17. The van der Waals surface area contributed by atoms with Crippen molar-refractivity contribution in [1.29, 1.82) is 0 Å². The first-order valence-corrected chi connectivity index (χ1v) is 4.34. The first kappa shape index (κ1) is 9.57. The van der Waals surface area contributed by atoms with Crippen LogP contribution in [0.2, 0.25) is 0 Å². The highest BCUT2D eigenvalue weighted by Gasteiger charge is 2.14. The average molecular weight is 208 g/mol. The number of nitrogens with one attached hydrogen (secondary N) is 1. The molecule has 0 saturated heterocycles. The molecule has 0 atom stereocenters. The molecule has 15 heavy (non-hydrogen) atoms. The fourth-order valence-electron chi connectivity index (χ4n) is 1.39. The third-order valence-corrected chi connectivity index (χ3v) is 2.04.